The number of hydrogen-bond acceptors (Lipinski definition) is 1. The van der Waals surface area contributed by atoms with Gasteiger partial charge in [0.2, 0.25) is 0 Å². The van der Waals surface area contributed by atoms with Crippen LogP contribution in [0, 0.1) is 0 Å². The van der Waals surface area contributed by atoms with Gasteiger partial charge in [0.25, 0.3) is 0 Å². The SMILES string of the molecule is CC(C)(C)[S@@](=O)N[C@@H](c1ccccc1)c1ccccc1CCBr. The van der Waals surface area contributed by atoms with Crippen LogP contribution in [0.3, 0.4) is 0 Å². The summed E-state index contributed by atoms with van der Waals surface area (Å²) in [6.45, 7) is 5.97. The van der Waals surface area contributed by atoms with E-state index in [1.807, 2.05) is 45.0 Å². The molecule has 0 fully saturated rings. The Hall–Kier alpha value is -0.970. The Labute approximate surface area is 150 Å². The largest absolute Gasteiger partial charge is 0.242 e. The van der Waals surface area contributed by atoms with Crippen LogP contribution in [-0.2, 0) is 17.4 Å². The van der Waals surface area contributed by atoms with Gasteiger partial charge in [-0.2, -0.15) is 0 Å². The summed E-state index contributed by atoms with van der Waals surface area (Å²) in [4.78, 5) is 0. The fourth-order valence-electron chi connectivity index (χ4n) is 2.39. The minimum absolute atomic E-state index is 0.0773. The molecule has 0 aromatic heterocycles. The van der Waals surface area contributed by atoms with Gasteiger partial charge in [0.15, 0.2) is 0 Å². The van der Waals surface area contributed by atoms with Crippen molar-refractivity contribution in [1.29, 1.82) is 0 Å². The van der Waals surface area contributed by atoms with Gasteiger partial charge in [0.1, 0.15) is 0 Å². The van der Waals surface area contributed by atoms with Crippen molar-refractivity contribution >= 4 is 26.9 Å². The number of alkyl halides is 1. The molecule has 2 aromatic carbocycles. The van der Waals surface area contributed by atoms with Crippen LogP contribution in [-0.4, -0.2) is 14.3 Å². The zero-order valence-corrected chi connectivity index (χ0v) is 16.3. The first kappa shape index (κ1) is 18.4. The molecule has 0 amide bonds. The molecule has 2 rings (SSSR count). The van der Waals surface area contributed by atoms with E-state index in [0.717, 1.165) is 17.3 Å². The van der Waals surface area contributed by atoms with Gasteiger partial charge >= 0.3 is 0 Å². The zero-order valence-electron chi connectivity index (χ0n) is 13.9. The third-order valence-corrected chi connectivity index (χ3v) is 5.60. The van der Waals surface area contributed by atoms with Crippen molar-refractivity contribution in [1.82, 2.24) is 4.72 Å². The fraction of sp³-hybridized carbons (Fsp3) is 0.368. The molecule has 0 aliphatic heterocycles. The Morgan fingerprint density at radius 3 is 2.26 bits per heavy atom. The van der Waals surface area contributed by atoms with E-state index in [1.54, 1.807) is 0 Å². The lowest BCUT2D eigenvalue weighted by atomic mass is 9.94. The number of benzene rings is 2. The van der Waals surface area contributed by atoms with Crippen LogP contribution in [0.15, 0.2) is 54.6 Å². The molecule has 0 aliphatic carbocycles. The number of halogens is 1. The van der Waals surface area contributed by atoms with E-state index < -0.39 is 11.0 Å². The Balaban J connectivity index is 2.44. The van der Waals surface area contributed by atoms with Gasteiger partial charge in [-0.25, -0.2) is 8.93 Å². The summed E-state index contributed by atoms with van der Waals surface area (Å²) < 4.78 is 15.7. The van der Waals surface area contributed by atoms with E-state index in [2.05, 4.69) is 51.0 Å². The molecule has 124 valence electrons. The van der Waals surface area contributed by atoms with Crippen LogP contribution in [0.4, 0.5) is 0 Å². The average Bonchev–Trinajstić information content (AvgIpc) is 2.53. The summed E-state index contributed by atoms with van der Waals surface area (Å²) in [6, 6.07) is 18.5. The Morgan fingerprint density at radius 2 is 1.65 bits per heavy atom. The summed E-state index contributed by atoms with van der Waals surface area (Å²) in [7, 11) is -1.14. The van der Waals surface area contributed by atoms with E-state index in [0.29, 0.717) is 0 Å². The van der Waals surface area contributed by atoms with Crippen LogP contribution >= 0.6 is 15.9 Å². The molecule has 0 bridgehead atoms. The van der Waals surface area contributed by atoms with Gasteiger partial charge in [0.05, 0.1) is 21.8 Å². The molecular formula is C19H24BrNOS. The highest BCUT2D eigenvalue weighted by Crippen LogP contribution is 2.27. The predicted octanol–water partition coefficient (Wildman–Crippen LogP) is 4.77. The van der Waals surface area contributed by atoms with Gasteiger partial charge in [-0.05, 0) is 43.9 Å². The zero-order chi connectivity index (χ0) is 16.9. The van der Waals surface area contributed by atoms with Crippen LogP contribution < -0.4 is 4.72 Å². The van der Waals surface area contributed by atoms with Crippen LogP contribution in [0.2, 0.25) is 0 Å². The van der Waals surface area contributed by atoms with Crippen molar-refractivity contribution in [3.8, 4) is 0 Å². The Kier molecular flexibility index (Phi) is 6.57. The van der Waals surface area contributed by atoms with Gasteiger partial charge in [-0.3, -0.25) is 0 Å². The third-order valence-electron chi connectivity index (χ3n) is 3.64. The summed E-state index contributed by atoms with van der Waals surface area (Å²) in [6.07, 6.45) is 0.948. The van der Waals surface area contributed by atoms with E-state index in [-0.39, 0.29) is 10.8 Å². The lowest BCUT2D eigenvalue weighted by molar-refractivity contribution is 0.622. The minimum Gasteiger partial charge on any atom is -0.242 e. The van der Waals surface area contributed by atoms with Gasteiger partial charge < -0.3 is 0 Å². The second-order valence-electron chi connectivity index (χ2n) is 6.48. The van der Waals surface area contributed by atoms with Crippen molar-refractivity contribution in [2.45, 2.75) is 38.0 Å². The molecule has 0 heterocycles. The lowest BCUT2D eigenvalue weighted by Gasteiger charge is -2.26. The molecule has 0 spiro atoms. The highest BCUT2D eigenvalue weighted by atomic mass is 79.9. The Morgan fingerprint density at radius 1 is 1.04 bits per heavy atom. The topological polar surface area (TPSA) is 29.1 Å². The first-order valence-electron chi connectivity index (χ1n) is 7.80. The van der Waals surface area contributed by atoms with Crippen molar-refractivity contribution in [2.24, 2.45) is 0 Å². The van der Waals surface area contributed by atoms with Gasteiger partial charge in [0, 0.05) is 5.33 Å². The number of nitrogens with one attached hydrogen (secondary N) is 1. The maximum absolute atomic E-state index is 12.7. The van der Waals surface area contributed by atoms with E-state index in [4.69, 9.17) is 0 Å². The van der Waals surface area contributed by atoms with E-state index in [9.17, 15) is 4.21 Å². The summed E-state index contributed by atoms with van der Waals surface area (Å²) in [5.41, 5.74) is 3.60. The fourth-order valence-corrected chi connectivity index (χ4v) is 3.64. The molecule has 23 heavy (non-hydrogen) atoms. The summed E-state index contributed by atoms with van der Waals surface area (Å²) >= 11 is 3.53. The smallest absolute Gasteiger partial charge is 0.0979 e. The van der Waals surface area contributed by atoms with Gasteiger partial charge in [-0.15, -0.1) is 0 Å². The molecule has 2 aromatic rings. The molecule has 2 nitrogen and oxygen atoms in total. The second kappa shape index (κ2) is 8.22. The highest BCUT2D eigenvalue weighted by Gasteiger charge is 2.25. The van der Waals surface area contributed by atoms with E-state index in [1.165, 1.54) is 11.1 Å². The standard InChI is InChI=1S/C19H24BrNOS/c1-19(2,3)23(22)21-18(16-10-5-4-6-11-16)17-12-8-7-9-15(17)13-14-20/h4-12,18,21H,13-14H2,1-3H3/t18-,23+/m0/s1. The van der Waals surface area contributed by atoms with Crippen molar-refractivity contribution in [3.05, 3.63) is 71.3 Å². The molecule has 0 unspecified atom stereocenters. The second-order valence-corrected chi connectivity index (χ2v) is 9.27. The molecule has 0 radical (unpaired) electrons. The van der Waals surface area contributed by atoms with Gasteiger partial charge in [-0.1, -0.05) is 70.5 Å². The van der Waals surface area contributed by atoms with Crippen LogP contribution in [0.5, 0.6) is 0 Å². The quantitative estimate of drug-likeness (QED) is 0.703. The van der Waals surface area contributed by atoms with Crippen LogP contribution in [0.1, 0.15) is 43.5 Å². The number of rotatable bonds is 6. The third kappa shape index (κ3) is 5.00. The molecular weight excluding hydrogens is 370 g/mol. The molecule has 4 heteroatoms. The predicted molar refractivity (Wildman–Crippen MR) is 103 cm³/mol. The first-order chi connectivity index (χ1) is 10.9. The normalized spacial score (nSPS) is 14.4. The van der Waals surface area contributed by atoms with Crippen molar-refractivity contribution < 1.29 is 4.21 Å². The monoisotopic (exact) mass is 393 g/mol. The number of hydrogen-bond donors (Lipinski definition) is 1. The summed E-state index contributed by atoms with van der Waals surface area (Å²) in [5, 5.41) is 0.911. The molecule has 0 aliphatic rings. The maximum Gasteiger partial charge on any atom is 0.0979 e. The highest BCUT2D eigenvalue weighted by molar-refractivity contribution is 9.09. The van der Waals surface area contributed by atoms with Crippen LogP contribution in [0.25, 0.3) is 0 Å². The lowest BCUT2D eigenvalue weighted by Crippen LogP contribution is -2.36. The molecule has 0 saturated carbocycles. The Bertz CT molecular complexity index is 652. The van der Waals surface area contributed by atoms with E-state index >= 15 is 0 Å². The minimum atomic E-state index is -1.14. The van der Waals surface area contributed by atoms with Crippen molar-refractivity contribution in [3.63, 3.8) is 0 Å². The maximum atomic E-state index is 12.7. The molecule has 2 atom stereocenters. The number of aryl methyl sites for hydroxylation is 1. The molecule has 1 N–H and O–H groups in total. The molecule has 0 saturated heterocycles. The van der Waals surface area contributed by atoms with Crippen molar-refractivity contribution in [2.75, 3.05) is 5.33 Å². The first-order valence-corrected chi connectivity index (χ1v) is 10.1. The average molecular weight is 394 g/mol. The summed E-state index contributed by atoms with van der Waals surface area (Å²) in [5.74, 6) is 0.